The van der Waals surface area contributed by atoms with Gasteiger partial charge in [0.1, 0.15) is 0 Å². The number of piperazine rings is 1. The number of rotatable bonds is 6. The highest BCUT2D eigenvalue weighted by Crippen LogP contribution is 2.08. The smallest absolute Gasteiger partial charge is 0.338 e. The standard InChI is InChI=1S/C17H23N5O5/c1-2-27-16(25)14-15(24)19-7-8-22(14)13(23)10-21-17(26)20-9-11-3-5-12(18)6-4-11/h3-6,14H,2,7-10,18H2,1H3,(H,19,24)(H2,20,21,26). The zero-order chi connectivity index (χ0) is 19.8. The molecule has 1 heterocycles. The molecule has 27 heavy (non-hydrogen) atoms. The summed E-state index contributed by atoms with van der Waals surface area (Å²) in [6.45, 7) is 2.00. The van der Waals surface area contributed by atoms with Crippen LogP contribution < -0.4 is 21.7 Å². The third-order valence-corrected chi connectivity index (χ3v) is 3.88. The normalized spacial score (nSPS) is 16.3. The van der Waals surface area contributed by atoms with E-state index in [9.17, 15) is 19.2 Å². The van der Waals surface area contributed by atoms with Crippen LogP contribution in [0.2, 0.25) is 0 Å². The van der Waals surface area contributed by atoms with Gasteiger partial charge in [0.15, 0.2) is 0 Å². The molecule has 1 aromatic carbocycles. The number of urea groups is 1. The van der Waals surface area contributed by atoms with E-state index in [2.05, 4.69) is 16.0 Å². The Labute approximate surface area is 156 Å². The zero-order valence-electron chi connectivity index (χ0n) is 15.0. The van der Waals surface area contributed by atoms with Crippen molar-refractivity contribution in [1.82, 2.24) is 20.9 Å². The van der Waals surface area contributed by atoms with Gasteiger partial charge < -0.3 is 31.3 Å². The summed E-state index contributed by atoms with van der Waals surface area (Å²) in [5.41, 5.74) is 7.06. The number of esters is 1. The summed E-state index contributed by atoms with van der Waals surface area (Å²) in [5, 5.41) is 7.55. The van der Waals surface area contributed by atoms with Crippen LogP contribution in [0.1, 0.15) is 12.5 Å². The second kappa shape index (κ2) is 9.41. The number of nitrogens with zero attached hydrogens (tertiary/aromatic N) is 1. The van der Waals surface area contributed by atoms with E-state index in [1.165, 1.54) is 0 Å². The molecule has 0 aromatic heterocycles. The molecule has 10 nitrogen and oxygen atoms in total. The van der Waals surface area contributed by atoms with Gasteiger partial charge in [0.2, 0.25) is 11.9 Å². The van der Waals surface area contributed by atoms with Crippen LogP contribution in [0.15, 0.2) is 24.3 Å². The van der Waals surface area contributed by atoms with Crippen molar-refractivity contribution in [2.45, 2.75) is 19.5 Å². The summed E-state index contributed by atoms with van der Waals surface area (Å²) in [4.78, 5) is 49.2. The molecule has 5 N–H and O–H groups in total. The van der Waals surface area contributed by atoms with Crippen LogP contribution in [-0.2, 0) is 25.7 Å². The number of nitrogen functional groups attached to an aromatic ring is 1. The predicted molar refractivity (Wildman–Crippen MR) is 96.2 cm³/mol. The van der Waals surface area contributed by atoms with E-state index in [0.29, 0.717) is 5.69 Å². The van der Waals surface area contributed by atoms with E-state index in [0.717, 1.165) is 10.5 Å². The Balaban J connectivity index is 1.85. The first-order valence-electron chi connectivity index (χ1n) is 8.52. The van der Waals surface area contributed by atoms with Gasteiger partial charge in [-0.2, -0.15) is 0 Å². The van der Waals surface area contributed by atoms with Crippen LogP contribution in [0, 0.1) is 0 Å². The number of carbonyl (C=O) groups excluding carboxylic acids is 4. The lowest BCUT2D eigenvalue weighted by atomic mass is 10.1. The highest BCUT2D eigenvalue weighted by Gasteiger charge is 2.39. The molecular weight excluding hydrogens is 354 g/mol. The van der Waals surface area contributed by atoms with Crippen molar-refractivity contribution in [2.24, 2.45) is 0 Å². The molecule has 1 aromatic rings. The molecule has 1 saturated heterocycles. The van der Waals surface area contributed by atoms with Gasteiger partial charge in [0.05, 0.1) is 13.2 Å². The minimum atomic E-state index is -1.34. The van der Waals surface area contributed by atoms with Crippen LogP contribution in [0.25, 0.3) is 0 Å². The number of ether oxygens (including phenoxy) is 1. The maximum Gasteiger partial charge on any atom is 0.338 e. The van der Waals surface area contributed by atoms with Gasteiger partial charge in [0.25, 0.3) is 5.91 Å². The third kappa shape index (κ3) is 5.59. The quantitative estimate of drug-likeness (QED) is 0.283. The van der Waals surface area contributed by atoms with Crippen LogP contribution >= 0.6 is 0 Å². The van der Waals surface area contributed by atoms with Gasteiger partial charge in [-0.1, -0.05) is 12.1 Å². The average Bonchev–Trinajstić information content (AvgIpc) is 2.65. The molecular formula is C17H23N5O5. The van der Waals surface area contributed by atoms with E-state index in [1.54, 1.807) is 31.2 Å². The number of amides is 4. The summed E-state index contributed by atoms with van der Waals surface area (Å²) >= 11 is 0. The Morgan fingerprint density at radius 2 is 1.96 bits per heavy atom. The fourth-order valence-corrected chi connectivity index (χ4v) is 2.53. The fraction of sp³-hybridized carbons (Fsp3) is 0.412. The average molecular weight is 377 g/mol. The van der Waals surface area contributed by atoms with Gasteiger partial charge in [-0.15, -0.1) is 0 Å². The lowest BCUT2D eigenvalue weighted by molar-refractivity contribution is -0.160. The van der Waals surface area contributed by atoms with Gasteiger partial charge in [0, 0.05) is 25.3 Å². The number of hydrogen-bond acceptors (Lipinski definition) is 6. The Morgan fingerprint density at radius 3 is 2.63 bits per heavy atom. The van der Waals surface area contributed by atoms with Crippen molar-refractivity contribution in [1.29, 1.82) is 0 Å². The Bertz CT molecular complexity index is 706. The molecule has 1 fully saturated rings. The summed E-state index contributed by atoms with van der Waals surface area (Å²) < 4.78 is 4.85. The maximum atomic E-state index is 12.4. The third-order valence-electron chi connectivity index (χ3n) is 3.88. The molecule has 2 rings (SSSR count). The minimum absolute atomic E-state index is 0.0937. The number of hydrogen-bond donors (Lipinski definition) is 4. The highest BCUT2D eigenvalue weighted by molar-refractivity contribution is 6.05. The lowest BCUT2D eigenvalue weighted by Gasteiger charge is -2.33. The van der Waals surface area contributed by atoms with E-state index < -0.39 is 29.9 Å². The summed E-state index contributed by atoms with van der Waals surface area (Å²) in [7, 11) is 0. The molecule has 1 atom stereocenters. The molecule has 0 saturated carbocycles. The molecule has 1 aliphatic rings. The van der Waals surface area contributed by atoms with Crippen LogP contribution in [0.4, 0.5) is 10.5 Å². The first kappa shape index (κ1) is 20.0. The predicted octanol–water partition coefficient (Wildman–Crippen LogP) is -1.04. The molecule has 1 unspecified atom stereocenters. The summed E-state index contributed by atoms with van der Waals surface area (Å²) in [6.07, 6.45) is 0. The van der Waals surface area contributed by atoms with Gasteiger partial charge >= 0.3 is 12.0 Å². The summed E-state index contributed by atoms with van der Waals surface area (Å²) in [5.74, 6) is -1.94. The first-order valence-corrected chi connectivity index (χ1v) is 8.52. The molecule has 146 valence electrons. The SMILES string of the molecule is CCOC(=O)C1C(=O)NCCN1C(=O)CNC(=O)NCc1ccc(N)cc1. The first-order chi connectivity index (χ1) is 12.9. The highest BCUT2D eigenvalue weighted by atomic mass is 16.5. The second-order valence-corrected chi connectivity index (χ2v) is 5.81. The van der Waals surface area contributed by atoms with Crippen molar-refractivity contribution in [3.05, 3.63) is 29.8 Å². The van der Waals surface area contributed by atoms with E-state index in [-0.39, 0.29) is 32.8 Å². The van der Waals surface area contributed by atoms with Crippen LogP contribution in [0.5, 0.6) is 0 Å². The lowest BCUT2D eigenvalue weighted by Crippen LogP contribution is -2.62. The minimum Gasteiger partial charge on any atom is -0.464 e. The van der Waals surface area contributed by atoms with Crippen molar-refractivity contribution < 1.29 is 23.9 Å². The second-order valence-electron chi connectivity index (χ2n) is 5.81. The van der Waals surface area contributed by atoms with Crippen molar-refractivity contribution >= 4 is 29.5 Å². The molecule has 10 heteroatoms. The van der Waals surface area contributed by atoms with Gasteiger partial charge in [-0.05, 0) is 24.6 Å². The maximum absolute atomic E-state index is 12.4. The molecule has 1 aliphatic heterocycles. The van der Waals surface area contributed by atoms with Gasteiger partial charge in [-0.25, -0.2) is 9.59 Å². The number of nitrogens with one attached hydrogen (secondary N) is 3. The fourth-order valence-electron chi connectivity index (χ4n) is 2.53. The van der Waals surface area contributed by atoms with Gasteiger partial charge in [-0.3, -0.25) is 9.59 Å². The number of carbonyl (C=O) groups is 4. The molecule has 0 aliphatic carbocycles. The van der Waals surface area contributed by atoms with E-state index >= 15 is 0 Å². The van der Waals surface area contributed by atoms with E-state index in [1.807, 2.05) is 0 Å². The Morgan fingerprint density at radius 1 is 1.26 bits per heavy atom. The molecule has 0 bridgehead atoms. The van der Waals surface area contributed by atoms with E-state index in [4.69, 9.17) is 10.5 Å². The molecule has 0 radical (unpaired) electrons. The Hall–Kier alpha value is -3.30. The van der Waals surface area contributed by atoms with Crippen molar-refractivity contribution in [3.63, 3.8) is 0 Å². The van der Waals surface area contributed by atoms with Crippen molar-refractivity contribution in [3.8, 4) is 0 Å². The molecule has 0 spiro atoms. The largest absolute Gasteiger partial charge is 0.464 e. The Kier molecular flexibility index (Phi) is 6.98. The zero-order valence-corrected chi connectivity index (χ0v) is 15.0. The van der Waals surface area contributed by atoms with Crippen LogP contribution in [0.3, 0.4) is 0 Å². The molecule has 4 amide bonds. The van der Waals surface area contributed by atoms with Crippen molar-refractivity contribution in [2.75, 3.05) is 32.0 Å². The topological polar surface area (TPSA) is 143 Å². The monoisotopic (exact) mass is 377 g/mol. The summed E-state index contributed by atoms with van der Waals surface area (Å²) in [6, 6.07) is 5.10. The van der Waals surface area contributed by atoms with Crippen LogP contribution in [-0.4, -0.2) is 61.0 Å². The number of nitrogens with two attached hydrogens (primary N) is 1. The number of benzene rings is 1. The number of anilines is 1.